The number of anilines is 1. The summed E-state index contributed by atoms with van der Waals surface area (Å²) in [5, 5.41) is 0.914. The number of ether oxygens (including phenoxy) is 1. The van der Waals surface area contributed by atoms with E-state index in [4.69, 9.17) is 9.72 Å². The summed E-state index contributed by atoms with van der Waals surface area (Å²) < 4.78 is 31.2. The van der Waals surface area contributed by atoms with Crippen LogP contribution in [-0.4, -0.2) is 63.3 Å². The summed E-state index contributed by atoms with van der Waals surface area (Å²) in [5.41, 5.74) is 1.60. The Morgan fingerprint density at radius 3 is 2.52 bits per heavy atom. The Morgan fingerprint density at radius 1 is 1.06 bits per heavy atom. The predicted octanol–water partition coefficient (Wildman–Crippen LogP) is 2.96. The molecule has 0 saturated carbocycles. The molecular formula is C22H25N3O4S2. The maximum Gasteiger partial charge on any atom is 0.223 e. The fraction of sp³-hybridized carbons (Fsp3) is 0.364. The first-order valence-corrected chi connectivity index (χ1v) is 12.8. The van der Waals surface area contributed by atoms with Crippen LogP contribution in [0.2, 0.25) is 0 Å². The van der Waals surface area contributed by atoms with Crippen LogP contribution in [0.1, 0.15) is 12.0 Å². The monoisotopic (exact) mass is 459 g/mol. The van der Waals surface area contributed by atoms with Gasteiger partial charge in [-0.25, -0.2) is 13.4 Å². The number of sulfone groups is 1. The average molecular weight is 460 g/mol. The molecule has 0 radical (unpaired) electrons. The van der Waals surface area contributed by atoms with Gasteiger partial charge in [0, 0.05) is 32.6 Å². The molecular weight excluding hydrogens is 434 g/mol. The molecule has 2 heterocycles. The normalized spacial score (nSPS) is 14.7. The molecule has 164 valence electrons. The fourth-order valence-electron chi connectivity index (χ4n) is 3.66. The summed E-state index contributed by atoms with van der Waals surface area (Å²) in [4.78, 5) is 21.2. The van der Waals surface area contributed by atoms with Crippen molar-refractivity contribution in [1.29, 1.82) is 0 Å². The lowest BCUT2D eigenvalue weighted by molar-refractivity contribution is -0.131. The molecule has 1 aliphatic rings. The van der Waals surface area contributed by atoms with E-state index >= 15 is 0 Å². The average Bonchev–Trinajstić information content (AvgIpc) is 3.22. The number of fused-ring (bicyclic) bond motifs is 1. The highest BCUT2D eigenvalue weighted by molar-refractivity contribution is 7.90. The van der Waals surface area contributed by atoms with Crippen LogP contribution in [0.4, 0.5) is 5.13 Å². The molecule has 0 atom stereocenters. The number of benzene rings is 2. The molecule has 7 nitrogen and oxygen atoms in total. The molecule has 0 aliphatic carbocycles. The molecule has 1 aliphatic heterocycles. The summed E-state index contributed by atoms with van der Waals surface area (Å²) in [5.74, 6) is 0.488. The third-order valence-corrected chi connectivity index (χ3v) is 8.03. The van der Waals surface area contributed by atoms with Crippen LogP contribution in [0.25, 0.3) is 10.2 Å². The first kappa shape index (κ1) is 21.6. The van der Waals surface area contributed by atoms with Gasteiger partial charge >= 0.3 is 0 Å². The lowest BCUT2D eigenvalue weighted by atomic mass is 10.2. The van der Waals surface area contributed by atoms with Gasteiger partial charge in [-0.2, -0.15) is 0 Å². The topological polar surface area (TPSA) is 79.8 Å². The van der Waals surface area contributed by atoms with Crippen molar-refractivity contribution in [1.82, 2.24) is 9.88 Å². The third kappa shape index (κ3) is 5.16. The van der Waals surface area contributed by atoms with Crippen molar-refractivity contribution in [2.24, 2.45) is 0 Å². The molecule has 2 aromatic carbocycles. The number of thiazole rings is 1. The second kappa shape index (κ2) is 9.23. The van der Waals surface area contributed by atoms with Crippen molar-refractivity contribution in [3.63, 3.8) is 0 Å². The van der Waals surface area contributed by atoms with Crippen LogP contribution in [-0.2, 0) is 20.4 Å². The predicted molar refractivity (Wildman–Crippen MR) is 124 cm³/mol. The molecule has 9 heteroatoms. The van der Waals surface area contributed by atoms with E-state index < -0.39 is 9.84 Å². The zero-order chi connectivity index (χ0) is 21.8. The van der Waals surface area contributed by atoms with Gasteiger partial charge in [0.25, 0.3) is 0 Å². The Balaban J connectivity index is 1.31. The highest BCUT2D eigenvalue weighted by Gasteiger charge is 2.25. The van der Waals surface area contributed by atoms with Gasteiger partial charge in [0.05, 0.1) is 23.3 Å². The Bertz CT molecular complexity index is 1150. The van der Waals surface area contributed by atoms with E-state index in [-0.39, 0.29) is 23.8 Å². The molecule has 3 aromatic rings. The molecule has 0 bridgehead atoms. The molecule has 4 rings (SSSR count). The van der Waals surface area contributed by atoms with Gasteiger partial charge in [0.2, 0.25) is 5.91 Å². The van der Waals surface area contributed by atoms with Gasteiger partial charge in [-0.15, -0.1) is 0 Å². The number of rotatable bonds is 7. The van der Waals surface area contributed by atoms with E-state index in [0.717, 1.165) is 26.7 Å². The van der Waals surface area contributed by atoms with Crippen molar-refractivity contribution < 1.29 is 17.9 Å². The van der Waals surface area contributed by atoms with Gasteiger partial charge in [-0.05, 0) is 17.7 Å². The summed E-state index contributed by atoms with van der Waals surface area (Å²) >= 11 is 1.61. The number of carbonyl (C=O) groups excluding carboxylic acids is 1. The fourth-order valence-corrected chi connectivity index (χ4v) is 6.03. The van der Waals surface area contributed by atoms with E-state index in [2.05, 4.69) is 4.90 Å². The van der Waals surface area contributed by atoms with Gasteiger partial charge in [0.1, 0.15) is 11.3 Å². The molecule has 31 heavy (non-hydrogen) atoms. The summed E-state index contributed by atoms with van der Waals surface area (Å²) in [6.45, 7) is 2.46. The lowest BCUT2D eigenvalue weighted by Gasteiger charge is -2.34. The van der Waals surface area contributed by atoms with Crippen molar-refractivity contribution in [2.45, 2.75) is 12.2 Å². The van der Waals surface area contributed by atoms with E-state index in [9.17, 15) is 13.2 Å². The Labute approximate surface area is 186 Å². The number of hydrogen-bond donors (Lipinski definition) is 0. The number of amides is 1. The molecule has 1 saturated heterocycles. The van der Waals surface area contributed by atoms with Crippen molar-refractivity contribution >= 4 is 42.4 Å². The number of carbonyl (C=O) groups is 1. The zero-order valence-electron chi connectivity index (χ0n) is 17.4. The summed E-state index contributed by atoms with van der Waals surface area (Å²) in [6, 6.07) is 14.9. The highest BCUT2D eigenvalue weighted by Crippen LogP contribution is 2.34. The van der Waals surface area contributed by atoms with Crippen LogP contribution in [0.5, 0.6) is 5.75 Å². The Morgan fingerprint density at radius 2 is 1.81 bits per heavy atom. The molecule has 1 amide bonds. The Kier molecular flexibility index (Phi) is 6.43. The van der Waals surface area contributed by atoms with Gasteiger partial charge in [0.15, 0.2) is 15.0 Å². The number of nitrogens with zero attached hydrogens (tertiary/aromatic N) is 3. The first-order chi connectivity index (χ1) is 14.9. The van der Waals surface area contributed by atoms with Crippen molar-refractivity contribution in [3.8, 4) is 5.75 Å². The van der Waals surface area contributed by atoms with E-state index in [0.29, 0.717) is 26.2 Å². The van der Waals surface area contributed by atoms with Gasteiger partial charge in [-0.3, -0.25) is 4.79 Å². The highest BCUT2D eigenvalue weighted by atomic mass is 32.2. The van der Waals surface area contributed by atoms with Crippen LogP contribution in [0, 0.1) is 0 Å². The molecule has 0 unspecified atom stereocenters. The summed E-state index contributed by atoms with van der Waals surface area (Å²) in [6.07, 6.45) is 0.0213. The quantitative estimate of drug-likeness (QED) is 0.541. The second-order valence-electron chi connectivity index (χ2n) is 7.50. The molecule has 1 aromatic heterocycles. The van der Waals surface area contributed by atoms with Gasteiger partial charge < -0.3 is 14.5 Å². The van der Waals surface area contributed by atoms with E-state index in [1.807, 2.05) is 36.4 Å². The second-order valence-corrected chi connectivity index (χ2v) is 10.7. The van der Waals surface area contributed by atoms with Crippen molar-refractivity contribution in [3.05, 3.63) is 54.1 Å². The first-order valence-electron chi connectivity index (χ1n) is 10.2. The van der Waals surface area contributed by atoms with Crippen LogP contribution in [0.3, 0.4) is 0 Å². The standard InChI is InChI=1S/C22H25N3O4S2/c1-29-18-8-5-9-19-21(18)23-22(30-19)25-13-11-24(12-14-25)20(26)10-15-31(27,28)16-17-6-3-2-4-7-17/h2-9H,10-16H2,1H3. The molecule has 0 N–H and O–H groups in total. The number of aromatic nitrogens is 1. The number of hydrogen-bond acceptors (Lipinski definition) is 7. The minimum atomic E-state index is -3.32. The minimum Gasteiger partial charge on any atom is -0.494 e. The smallest absolute Gasteiger partial charge is 0.223 e. The van der Waals surface area contributed by atoms with E-state index in [1.54, 1.807) is 35.5 Å². The number of piperazine rings is 1. The lowest BCUT2D eigenvalue weighted by Crippen LogP contribution is -2.49. The maximum absolute atomic E-state index is 12.6. The SMILES string of the molecule is COc1cccc2sc(N3CCN(C(=O)CCS(=O)(=O)Cc4ccccc4)CC3)nc12. The third-order valence-electron chi connectivity index (χ3n) is 5.35. The number of para-hydroxylation sites is 1. The minimum absolute atomic E-state index is 0.0213. The van der Waals surface area contributed by atoms with Crippen LogP contribution < -0.4 is 9.64 Å². The Hall–Kier alpha value is -2.65. The van der Waals surface area contributed by atoms with Gasteiger partial charge in [-0.1, -0.05) is 47.7 Å². The molecule has 0 spiro atoms. The largest absolute Gasteiger partial charge is 0.494 e. The zero-order valence-corrected chi connectivity index (χ0v) is 19.0. The number of methoxy groups -OCH3 is 1. The maximum atomic E-state index is 12.6. The van der Waals surface area contributed by atoms with Crippen molar-refractivity contribution in [2.75, 3.05) is 43.9 Å². The molecule has 1 fully saturated rings. The van der Waals surface area contributed by atoms with E-state index in [1.165, 1.54) is 0 Å². The van der Waals surface area contributed by atoms with Crippen LogP contribution >= 0.6 is 11.3 Å². The summed E-state index contributed by atoms with van der Waals surface area (Å²) in [7, 11) is -1.68. The van der Waals surface area contributed by atoms with Crippen LogP contribution in [0.15, 0.2) is 48.5 Å².